The van der Waals surface area contributed by atoms with Crippen LogP contribution in [0.5, 0.6) is 17.2 Å². The first-order valence-corrected chi connectivity index (χ1v) is 10.8. The summed E-state index contributed by atoms with van der Waals surface area (Å²) < 4.78 is 16.3. The molecule has 2 aromatic rings. The van der Waals surface area contributed by atoms with Crippen molar-refractivity contribution in [3.63, 3.8) is 0 Å². The molecule has 2 aromatic carbocycles. The van der Waals surface area contributed by atoms with Gasteiger partial charge < -0.3 is 24.8 Å². The molecule has 7 nitrogen and oxygen atoms in total. The molecule has 0 amide bonds. The fourth-order valence-corrected chi connectivity index (χ4v) is 3.80. The van der Waals surface area contributed by atoms with Crippen LogP contribution in [0.25, 0.3) is 0 Å². The van der Waals surface area contributed by atoms with Gasteiger partial charge in [-0.15, -0.1) is 24.0 Å². The average molecular weight is 554 g/mol. The zero-order valence-electron chi connectivity index (χ0n) is 19.4. The van der Waals surface area contributed by atoms with Crippen LogP contribution in [0.1, 0.15) is 23.6 Å². The van der Waals surface area contributed by atoms with Crippen LogP contribution < -0.4 is 24.8 Å². The van der Waals surface area contributed by atoms with Gasteiger partial charge in [0.1, 0.15) is 5.75 Å². The topological polar surface area (TPSA) is 67.4 Å². The maximum atomic E-state index is 5.47. The third kappa shape index (κ3) is 6.90. The van der Waals surface area contributed by atoms with Crippen molar-refractivity contribution in [2.45, 2.75) is 26.4 Å². The van der Waals surface area contributed by atoms with E-state index in [1.807, 2.05) is 24.3 Å². The number of nitrogens with one attached hydrogen (secondary N) is 2. The molecule has 0 radical (unpaired) electrons. The maximum absolute atomic E-state index is 5.47. The van der Waals surface area contributed by atoms with E-state index in [1.54, 1.807) is 21.3 Å². The summed E-state index contributed by atoms with van der Waals surface area (Å²) >= 11 is 0. The Morgan fingerprint density at radius 3 is 2.34 bits per heavy atom. The Labute approximate surface area is 208 Å². The number of aliphatic imine (C=N–C) groups is 1. The molecule has 1 heterocycles. The molecule has 3 rings (SSSR count). The van der Waals surface area contributed by atoms with Gasteiger partial charge in [-0.2, -0.15) is 0 Å². The second-order valence-electron chi connectivity index (χ2n) is 7.44. The van der Waals surface area contributed by atoms with Gasteiger partial charge in [-0.05, 0) is 42.7 Å². The molecule has 0 atom stereocenters. The predicted octanol–water partition coefficient (Wildman–Crippen LogP) is 3.44. The molecule has 0 saturated carbocycles. The molecule has 32 heavy (non-hydrogen) atoms. The number of methoxy groups -OCH3 is 3. The Bertz CT molecular complexity index is 892. The minimum absolute atomic E-state index is 0. The molecule has 8 heteroatoms. The highest BCUT2D eigenvalue weighted by atomic mass is 127. The van der Waals surface area contributed by atoms with E-state index in [-0.39, 0.29) is 24.0 Å². The molecule has 0 aromatic heterocycles. The number of rotatable bonds is 9. The van der Waals surface area contributed by atoms with Crippen molar-refractivity contribution >= 4 is 29.9 Å². The summed E-state index contributed by atoms with van der Waals surface area (Å²) in [6, 6.07) is 12.2. The van der Waals surface area contributed by atoms with Crippen molar-refractivity contribution in [2.75, 3.05) is 47.5 Å². The highest BCUT2D eigenvalue weighted by molar-refractivity contribution is 14.0. The standard InChI is InChI=1S/C24H34N4O3.HI/c1-5-25-24(27-16-19-8-6-7-9-21(19)29-2)26-11-13-28-12-10-18-14-22(30-3)23(31-4)15-20(18)17-28;/h6-9,14-15H,5,10-13,16-17H2,1-4H3,(H2,25,26,27);1H. The highest BCUT2D eigenvalue weighted by Crippen LogP contribution is 2.33. The first-order valence-electron chi connectivity index (χ1n) is 10.8. The van der Waals surface area contributed by atoms with Gasteiger partial charge >= 0.3 is 0 Å². The molecular formula is C24H35IN4O3. The van der Waals surface area contributed by atoms with Gasteiger partial charge in [0.05, 0.1) is 27.9 Å². The van der Waals surface area contributed by atoms with E-state index >= 15 is 0 Å². The van der Waals surface area contributed by atoms with Crippen molar-refractivity contribution < 1.29 is 14.2 Å². The lowest BCUT2D eigenvalue weighted by Crippen LogP contribution is -2.42. The largest absolute Gasteiger partial charge is 0.496 e. The van der Waals surface area contributed by atoms with Gasteiger partial charge in [0.15, 0.2) is 17.5 Å². The van der Waals surface area contributed by atoms with Gasteiger partial charge in [0.25, 0.3) is 0 Å². The third-order valence-corrected chi connectivity index (χ3v) is 5.46. The summed E-state index contributed by atoms with van der Waals surface area (Å²) in [5.41, 5.74) is 3.72. The number of nitrogens with zero attached hydrogens (tertiary/aromatic N) is 2. The SMILES string of the molecule is CCNC(=NCc1ccccc1OC)NCCN1CCc2cc(OC)c(OC)cc2C1.I. The van der Waals surface area contributed by atoms with Crippen LogP contribution in [0.15, 0.2) is 41.4 Å². The molecule has 0 unspecified atom stereocenters. The summed E-state index contributed by atoms with van der Waals surface area (Å²) in [6.07, 6.45) is 1.01. The van der Waals surface area contributed by atoms with E-state index in [2.05, 4.69) is 34.6 Å². The van der Waals surface area contributed by atoms with Crippen molar-refractivity contribution in [2.24, 2.45) is 4.99 Å². The fourth-order valence-electron chi connectivity index (χ4n) is 3.80. The van der Waals surface area contributed by atoms with Crippen molar-refractivity contribution in [3.05, 3.63) is 53.1 Å². The minimum atomic E-state index is 0. The van der Waals surface area contributed by atoms with E-state index in [9.17, 15) is 0 Å². The lowest BCUT2D eigenvalue weighted by Gasteiger charge is -2.29. The Kier molecular flexibility index (Phi) is 10.9. The Balaban J connectivity index is 0.00000363. The Hall–Kier alpha value is -2.20. The number of hydrogen-bond donors (Lipinski definition) is 2. The summed E-state index contributed by atoms with van der Waals surface area (Å²) in [6.45, 7) is 7.15. The van der Waals surface area contributed by atoms with Crippen molar-refractivity contribution in [1.82, 2.24) is 15.5 Å². The molecule has 0 spiro atoms. The number of para-hydroxylation sites is 1. The lowest BCUT2D eigenvalue weighted by molar-refractivity contribution is 0.256. The van der Waals surface area contributed by atoms with Crippen molar-refractivity contribution in [3.8, 4) is 17.2 Å². The molecule has 2 N–H and O–H groups in total. The first-order chi connectivity index (χ1) is 15.2. The molecule has 1 aliphatic heterocycles. The van der Waals surface area contributed by atoms with Gasteiger partial charge in [-0.3, -0.25) is 4.90 Å². The van der Waals surface area contributed by atoms with Crippen LogP contribution >= 0.6 is 24.0 Å². The number of hydrogen-bond acceptors (Lipinski definition) is 5. The van der Waals surface area contributed by atoms with Crippen LogP contribution in [0.3, 0.4) is 0 Å². The third-order valence-electron chi connectivity index (χ3n) is 5.46. The summed E-state index contributed by atoms with van der Waals surface area (Å²) in [7, 11) is 5.05. The molecule has 176 valence electrons. The number of benzene rings is 2. The Morgan fingerprint density at radius 1 is 0.969 bits per heavy atom. The number of halogens is 1. The van der Waals surface area contributed by atoms with Gasteiger partial charge in [0, 0.05) is 38.3 Å². The smallest absolute Gasteiger partial charge is 0.191 e. The normalized spacial score (nSPS) is 13.6. The fraction of sp³-hybridized carbons (Fsp3) is 0.458. The number of guanidine groups is 1. The van der Waals surface area contributed by atoms with Crippen LogP contribution in [-0.4, -0.2) is 58.4 Å². The zero-order chi connectivity index (χ0) is 22.1. The highest BCUT2D eigenvalue weighted by Gasteiger charge is 2.19. The lowest BCUT2D eigenvalue weighted by atomic mass is 9.99. The molecule has 0 aliphatic carbocycles. The molecule has 1 aliphatic rings. The van der Waals surface area contributed by atoms with Crippen LogP contribution in [-0.2, 0) is 19.5 Å². The maximum Gasteiger partial charge on any atom is 0.191 e. The van der Waals surface area contributed by atoms with E-state index in [0.29, 0.717) is 6.54 Å². The van der Waals surface area contributed by atoms with Gasteiger partial charge in [0.2, 0.25) is 0 Å². The molecule has 0 saturated heterocycles. The summed E-state index contributed by atoms with van der Waals surface area (Å²) in [5, 5.41) is 6.77. The van der Waals surface area contributed by atoms with Gasteiger partial charge in [-0.1, -0.05) is 18.2 Å². The second-order valence-corrected chi connectivity index (χ2v) is 7.44. The average Bonchev–Trinajstić information content (AvgIpc) is 2.81. The predicted molar refractivity (Wildman–Crippen MR) is 140 cm³/mol. The van der Waals surface area contributed by atoms with E-state index in [0.717, 1.165) is 67.9 Å². The monoisotopic (exact) mass is 554 g/mol. The van der Waals surface area contributed by atoms with E-state index < -0.39 is 0 Å². The zero-order valence-corrected chi connectivity index (χ0v) is 21.8. The summed E-state index contributed by atoms with van der Waals surface area (Å²) in [4.78, 5) is 7.17. The molecule has 0 bridgehead atoms. The first kappa shape index (κ1) is 26.1. The van der Waals surface area contributed by atoms with Gasteiger partial charge in [-0.25, -0.2) is 4.99 Å². The number of fused-ring (bicyclic) bond motifs is 1. The number of ether oxygens (including phenoxy) is 3. The second kappa shape index (κ2) is 13.4. The molecule has 0 fully saturated rings. The van der Waals surface area contributed by atoms with E-state index in [4.69, 9.17) is 19.2 Å². The van der Waals surface area contributed by atoms with Crippen molar-refractivity contribution in [1.29, 1.82) is 0 Å². The Morgan fingerprint density at radius 2 is 1.66 bits per heavy atom. The van der Waals surface area contributed by atoms with Crippen LogP contribution in [0.4, 0.5) is 0 Å². The minimum Gasteiger partial charge on any atom is -0.496 e. The molecular weight excluding hydrogens is 519 g/mol. The van der Waals surface area contributed by atoms with E-state index in [1.165, 1.54) is 11.1 Å². The van der Waals surface area contributed by atoms with Crippen LogP contribution in [0.2, 0.25) is 0 Å². The quantitative estimate of drug-likeness (QED) is 0.281. The van der Waals surface area contributed by atoms with Crippen LogP contribution in [0, 0.1) is 0 Å². The summed E-state index contributed by atoms with van der Waals surface area (Å²) in [5.74, 6) is 3.27.